The fourth-order valence-electron chi connectivity index (χ4n) is 3.10. The zero-order valence-electron chi connectivity index (χ0n) is 12.2. The van der Waals surface area contributed by atoms with E-state index in [0.717, 1.165) is 39.0 Å². The molecule has 2 rings (SSSR count). The summed E-state index contributed by atoms with van der Waals surface area (Å²) in [4.78, 5) is 11.9. The predicted octanol–water partition coefficient (Wildman–Crippen LogP) is 2.12. The van der Waals surface area contributed by atoms with E-state index in [1.54, 1.807) is 0 Å². The number of rotatable bonds is 5. The lowest BCUT2D eigenvalue weighted by Crippen LogP contribution is -2.37. The number of carbonyl (C=O) groups is 1. The largest absolute Gasteiger partial charge is 0.378 e. The summed E-state index contributed by atoms with van der Waals surface area (Å²) in [5.74, 6) is 1.11. The molecule has 110 valence electrons. The topological polar surface area (TPSA) is 47.6 Å². The SMILES string of the molecule is CC(C)[C@H]1OCC[C@@H]1CNC(=O)C[C@H]1CCCCO1. The highest BCUT2D eigenvalue weighted by atomic mass is 16.5. The van der Waals surface area contributed by atoms with Crippen LogP contribution in [-0.2, 0) is 14.3 Å². The minimum atomic E-state index is 0.126. The third-order valence-electron chi connectivity index (χ3n) is 4.17. The second kappa shape index (κ2) is 7.25. The molecule has 0 saturated carbocycles. The van der Waals surface area contributed by atoms with Crippen LogP contribution in [0.1, 0.15) is 46.0 Å². The molecule has 0 unspecified atom stereocenters. The highest BCUT2D eigenvalue weighted by Gasteiger charge is 2.30. The number of hydrogen-bond donors (Lipinski definition) is 1. The van der Waals surface area contributed by atoms with Crippen molar-refractivity contribution in [2.24, 2.45) is 11.8 Å². The number of hydrogen-bond acceptors (Lipinski definition) is 3. The van der Waals surface area contributed by atoms with Crippen LogP contribution in [0, 0.1) is 11.8 Å². The third kappa shape index (κ3) is 4.46. The summed E-state index contributed by atoms with van der Waals surface area (Å²) in [6.07, 6.45) is 5.34. The average Bonchev–Trinajstić information content (AvgIpc) is 2.86. The zero-order valence-corrected chi connectivity index (χ0v) is 12.2. The zero-order chi connectivity index (χ0) is 13.7. The van der Waals surface area contributed by atoms with E-state index in [-0.39, 0.29) is 12.0 Å². The summed E-state index contributed by atoms with van der Waals surface area (Å²) in [7, 11) is 0. The van der Waals surface area contributed by atoms with Crippen LogP contribution in [0.25, 0.3) is 0 Å². The van der Waals surface area contributed by atoms with Gasteiger partial charge in [0.05, 0.1) is 18.6 Å². The van der Waals surface area contributed by atoms with Crippen LogP contribution in [0.3, 0.4) is 0 Å². The maximum atomic E-state index is 11.9. The Bertz CT molecular complexity index is 287. The molecule has 3 atom stereocenters. The van der Waals surface area contributed by atoms with Gasteiger partial charge in [0, 0.05) is 25.7 Å². The molecule has 0 aliphatic carbocycles. The van der Waals surface area contributed by atoms with E-state index in [4.69, 9.17) is 9.47 Å². The van der Waals surface area contributed by atoms with E-state index in [0.29, 0.717) is 24.4 Å². The Kier molecular flexibility index (Phi) is 5.64. The molecule has 2 aliphatic heterocycles. The first-order valence-electron chi connectivity index (χ1n) is 7.66. The van der Waals surface area contributed by atoms with Gasteiger partial charge >= 0.3 is 0 Å². The lowest BCUT2D eigenvalue weighted by molar-refractivity contribution is -0.125. The van der Waals surface area contributed by atoms with Gasteiger partial charge < -0.3 is 14.8 Å². The maximum absolute atomic E-state index is 11.9. The van der Waals surface area contributed by atoms with Crippen molar-refractivity contribution in [1.82, 2.24) is 5.32 Å². The molecule has 2 saturated heterocycles. The van der Waals surface area contributed by atoms with Gasteiger partial charge in [-0.3, -0.25) is 4.79 Å². The Morgan fingerprint density at radius 1 is 1.21 bits per heavy atom. The monoisotopic (exact) mass is 269 g/mol. The molecule has 0 spiro atoms. The highest BCUT2D eigenvalue weighted by Crippen LogP contribution is 2.26. The summed E-state index contributed by atoms with van der Waals surface area (Å²) in [5.41, 5.74) is 0. The predicted molar refractivity (Wildman–Crippen MR) is 73.9 cm³/mol. The molecule has 2 fully saturated rings. The lowest BCUT2D eigenvalue weighted by atomic mass is 9.93. The fraction of sp³-hybridized carbons (Fsp3) is 0.933. The standard InChI is InChI=1S/C15H27NO3/c1-11(2)15-12(6-8-19-15)10-16-14(17)9-13-5-3-4-7-18-13/h11-13,15H,3-10H2,1-2H3,(H,16,17)/t12-,13-,15-/m1/s1. The van der Waals surface area contributed by atoms with E-state index < -0.39 is 0 Å². The molecule has 0 radical (unpaired) electrons. The summed E-state index contributed by atoms with van der Waals surface area (Å²) in [6, 6.07) is 0. The molecule has 0 aromatic heterocycles. The molecule has 0 bridgehead atoms. The molecule has 4 nitrogen and oxygen atoms in total. The van der Waals surface area contributed by atoms with Crippen molar-refractivity contribution in [2.75, 3.05) is 19.8 Å². The minimum absolute atomic E-state index is 0.126. The molecule has 19 heavy (non-hydrogen) atoms. The average molecular weight is 269 g/mol. The molecule has 1 amide bonds. The van der Waals surface area contributed by atoms with Crippen LogP contribution in [-0.4, -0.2) is 37.9 Å². The van der Waals surface area contributed by atoms with Crippen LogP contribution in [0.15, 0.2) is 0 Å². The van der Waals surface area contributed by atoms with Crippen LogP contribution in [0.4, 0.5) is 0 Å². The summed E-state index contributed by atoms with van der Waals surface area (Å²) in [6.45, 7) is 6.74. The normalized spacial score (nSPS) is 31.6. The van der Waals surface area contributed by atoms with Crippen molar-refractivity contribution in [3.05, 3.63) is 0 Å². The van der Waals surface area contributed by atoms with Gasteiger partial charge in [0.15, 0.2) is 0 Å². The molecule has 2 aliphatic rings. The molecule has 0 aromatic rings. The lowest BCUT2D eigenvalue weighted by Gasteiger charge is -2.24. The van der Waals surface area contributed by atoms with Gasteiger partial charge in [0.2, 0.25) is 5.91 Å². The minimum Gasteiger partial charge on any atom is -0.378 e. The van der Waals surface area contributed by atoms with E-state index >= 15 is 0 Å². The number of carbonyl (C=O) groups excluding carboxylic acids is 1. The van der Waals surface area contributed by atoms with Crippen LogP contribution < -0.4 is 5.32 Å². The Balaban J connectivity index is 1.68. The summed E-state index contributed by atoms with van der Waals surface area (Å²) >= 11 is 0. The quantitative estimate of drug-likeness (QED) is 0.831. The summed E-state index contributed by atoms with van der Waals surface area (Å²) in [5, 5.41) is 3.06. The van der Waals surface area contributed by atoms with Crippen LogP contribution in [0.5, 0.6) is 0 Å². The summed E-state index contributed by atoms with van der Waals surface area (Å²) < 4.78 is 11.3. The maximum Gasteiger partial charge on any atom is 0.222 e. The van der Waals surface area contributed by atoms with Crippen molar-refractivity contribution in [2.45, 2.75) is 58.2 Å². The van der Waals surface area contributed by atoms with Gasteiger partial charge in [0.1, 0.15) is 0 Å². The molecule has 4 heteroatoms. The van der Waals surface area contributed by atoms with Crippen molar-refractivity contribution in [3.8, 4) is 0 Å². The molecule has 0 aromatic carbocycles. The molecule has 2 heterocycles. The first-order chi connectivity index (χ1) is 9.16. The van der Waals surface area contributed by atoms with E-state index in [1.807, 2.05) is 0 Å². The van der Waals surface area contributed by atoms with Gasteiger partial charge in [-0.1, -0.05) is 13.8 Å². The molecular weight excluding hydrogens is 242 g/mol. The number of amides is 1. The van der Waals surface area contributed by atoms with Crippen molar-refractivity contribution < 1.29 is 14.3 Å². The van der Waals surface area contributed by atoms with Gasteiger partial charge in [0.25, 0.3) is 0 Å². The van der Waals surface area contributed by atoms with E-state index in [2.05, 4.69) is 19.2 Å². The first kappa shape index (κ1) is 14.8. The fourth-order valence-corrected chi connectivity index (χ4v) is 3.10. The van der Waals surface area contributed by atoms with E-state index in [1.165, 1.54) is 6.42 Å². The Hall–Kier alpha value is -0.610. The van der Waals surface area contributed by atoms with Crippen LogP contribution >= 0.6 is 0 Å². The van der Waals surface area contributed by atoms with Crippen LogP contribution in [0.2, 0.25) is 0 Å². The van der Waals surface area contributed by atoms with Gasteiger partial charge in [-0.05, 0) is 31.6 Å². The number of ether oxygens (including phenoxy) is 2. The highest BCUT2D eigenvalue weighted by molar-refractivity contribution is 5.76. The number of nitrogens with one attached hydrogen (secondary N) is 1. The van der Waals surface area contributed by atoms with Gasteiger partial charge in [-0.2, -0.15) is 0 Å². The second-order valence-electron chi connectivity index (χ2n) is 6.12. The van der Waals surface area contributed by atoms with Gasteiger partial charge in [-0.15, -0.1) is 0 Å². The second-order valence-corrected chi connectivity index (χ2v) is 6.12. The van der Waals surface area contributed by atoms with Gasteiger partial charge in [-0.25, -0.2) is 0 Å². The third-order valence-corrected chi connectivity index (χ3v) is 4.17. The Labute approximate surface area is 116 Å². The Morgan fingerprint density at radius 3 is 2.74 bits per heavy atom. The smallest absolute Gasteiger partial charge is 0.222 e. The van der Waals surface area contributed by atoms with Crippen molar-refractivity contribution in [1.29, 1.82) is 0 Å². The molecular formula is C15H27NO3. The first-order valence-corrected chi connectivity index (χ1v) is 7.66. The Morgan fingerprint density at radius 2 is 2.05 bits per heavy atom. The van der Waals surface area contributed by atoms with E-state index in [9.17, 15) is 4.79 Å². The molecule has 1 N–H and O–H groups in total. The van der Waals surface area contributed by atoms with Crippen molar-refractivity contribution in [3.63, 3.8) is 0 Å². The van der Waals surface area contributed by atoms with Crippen molar-refractivity contribution >= 4 is 5.91 Å².